The Morgan fingerprint density at radius 1 is 1.11 bits per heavy atom. The van der Waals surface area contributed by atoms with E-state index in [-0.39, 0.29) is 11.7 Å². The minimum absolute atomic E-state index is 0.103. The molecule has 27 heavy (non-hydrogen) atoms. The van der Waals surface area contributed by atoms with Gasteiger partial charge in [-0.05, 0) is 17.7 Å². The van der Waals surface area contributed by atoms with Crippen molar-refractivity contribution in [1.29, 1.82) is 0 Å². The monoisotopic (exact) mass is 367 g/mol. The van der Waals surface area contributed by atoms with Gasteiger partial charge in [0.25, 0.3) is 5.91 Å². The molecule has 1 amide bonds. The fourth-order valence-corrected chi connectivity index (χ4v) is 3.04. The molecule has 0 N–H and O–H groups in total. The molecule has 3 aromatic rings. The molecule has 0 atom stereocenters. The number of hydrogen-bond acceptors (Lipinski definition) is 4. The lowest BCUT2D eigenvalue weighted by atomic mass is 10.2. The zero-order chi connectivity index (χ0) is 18.8. The first-order valence-corrected chi connectivity index (χ1v) is 8.55. The number of hydrogen-bond donors (Lipinski definition) is 0. The minimum atomic E-state index is -0.465. The molecule has 0 fully saturated rings. The van der Waals surface area contributed by atoms with Crippen LogP contribution in [0.4, 0.5) is 10.1 Å². The molecular weight excluding hydrogens is 349 g/mol. The molecule has 0 aliphatic carbocycles. The molecule has 0 saturated heterocycles. The van der Waals surface area contributed by atoms with E-state index in [1.165, 1.54) is 19.2 Å². The predicted molar refractivity (Wildman–Crippen MR) is 97.6 cm³/mol. The number of carbonyl (C=O) groups excluding carboxylic acids is 1. The first-order valence-electron chi connectivity index (χ1n) is 8.55. The number of anilines is 1. The zero-order valence-corrected chi connectivity index (χ0v) is 14.8. The number of aromatic nitrogens is 2. The van der Waals surface area contributed by atoms with Crippen molar-refractivity contribution < 1.29 is 18.7 Å². The van der Waals surface area contributed by atoms with Gasteiger partial charge in [-0.25, -0.2) is 4.39 Å². The summed E-state index contributed by atoms with van der Waals surface area (Å²) in [6, 6.07) is 15.8. The van der Waals surface area contributed by atoms with E-state index in [1.54, 1.807) is 21.7 Å². The van der Waals surface area contributed by atoms with E-state index >= 15 is 0 Å². The van der Waals surface area contributed by atoms with Crippen molar-refractivity contribution in [2.24, 2.45) is 0 Å². The maximum Gasteiger partial charge on any atom is 0.276 e. The molecule has 1 aliphatic heterocycles. The summed E-state index contributed by atoms with van der Waals surface area (Å²) in [5.41, 5.74) is 2.04. The molecule has 0 unspecified atom stereocenters. The highest BCUT2D eigenvalue weighted by molar-refractivity contribution is 6.05. The summed E-state index contributed by atoms with van der Waals surface area (Å²) in [6.45, 7) is 1.33. The van der Waals surface area contributed by atoms with Crippen LogP contribution in [0.5, 0.6) is 11.6 Å². The number of benzene rings is 2. The summed E-state index contributed by atoms with van der Waals surface area (Å²) in [6.07, 6.45) is 0. The topological polar surface area (TPSA) is 56.6 Å². The van der Waals surface area contributed by atoms with Crippen LogP contribution < -0.4 is 14.4 Å². The zero-order valence-electron chi connectivity index (χ0n) is 14.8. The largest absolute Gasteiger partial charge is 0.494 e. The molecule has 6 nitrogen and oxygen atoms in total. The summed E-state index contributed by atoms with van der Waals surface area (Å²) in [5, 5.41) is 4.35. The van der Waals surface area contributed by atoms with Gasteiger partial charge < -0.3 is 14.4 Å². The van der Waals surface area contributed by atoms with Gasteiger partial charge in [-0.2, -0.15) is 0 Å². The van der Waals surface area contributed by atoms with Crippen molar-refractivity contribution in [3.05, 3.63) is 71.7 Å². The van der Waals surface area contributed by atoms with E-state index in [9.17, 15) is 9.18 Å². The van der Waals surface area contributed by atoms with Gasteiger partial charge in [0.05, 0.1) is 13.7 Å². The number of fused-ring (bicyclic) bond motifs is 1. The number of ether oxygens (including phenoxy) is 2. The van der Waals surface area contributed by atoms with Crippen LogP contribution in [0.2, 0.25) is 0 Å². The maximum absolute atomic E-state index is 13.6. The Morgan fingerprint density at radius 2 is 1.93 bits per heavy atom. The van der Waals surface area contributed by atoms with Crippen LogP contribution in [0.25, 0.3) is 0 Å². The minimum Gasteiger partial charge on any atom is -0.494 e. The van der Waals surface area contributed by atoms with Crippen molar-refractivity contribution in [2.75, 3.05) is 18.6 Å². The van der Waals surface area contributed by atoms with Crippen molar-refractivity contribution in [2.45, 2.75) is 13.2 Å². The molecule has 4 rings (SSSR count). The highest BCUT2D eigenvalue weighted by Gasteiger charge is 2.28. The van der Waals surface area contributed by atoms with E-state index in [2.05, 4.69) is 5.10 Å². The van der Waals surface area contributed by atoms with Gasteiger partial charge >= 0.3 is 0 Å². The van der Waals surface area contributed by atoms with Crippen LogP contribution >= 0.6 is 0 Å². The standard InChI is InChI=1S/C20H18FN3O3/c1-26-18-11-15(7-8-16(18)21)23-9-10-24-17(20(23)25)12-19(22-24)27-13-14-5-3-2-4-6-14/h2-8,11-12H,9-10,13H2,1H3. The first-order chi connectivity index (χ1) is 13.2. The third kappa shape index (κ3) is 3.36. The third-order valence-corrected chi connectivity index (χ3v) is 4.43. The molecule has 7 heteroatoms. The van der Waals surface area contributed by atoms with Crippen molar-refractivity contribution in [3.63, 3.8) is 0 Å². The molecule has 0 saturated carbocycles. The lowest BCUT2D eigenvalue weighted by Gasteiger charge is -2.27. The molecule has 1 aromatic heterocycles. The van der Waals surface area contributed by atoms with Crippen LogP contribution in [0.1, 0.15) is 16.1 Å². The Hall–Kier alpha value is -3.35. The fraction of sp³-hybridized carbons (Fsp3) is 0.200. The van der Waals surface area contributed by atoms with E-state index in [0.717, 1.165) is 5.56 Å². The Bertz CT molecular complexity index is 972. The molecular formula is C20H18FN3O3. The van der Waals surface area contributed by atoms with Crippen LogP contribution in [0.15, 0.2) is 54.6 Å². The quantitative estimate of drug-likeness (QED) is 0.695. The van der Waals surface area contributed by atoms with Gasteiger partial charge in [0, 0.05) is 24.4 Å². The van der Waals surface area contributed by atoms with Gasteiger partial charge in [0.2, 0.25) is 5.88 Å². The predicted octanol–water partition coefficient (Wildman–Crippen LogP) is 3.27. The van der Waals surface area contributed by atoms with E-state index in [1.807, 2.05) is 30.3 Å². The Balaban J connectivity index is 1.53. The summed E-state index contributed by atoms with van der Waals surface area (Å²) in [4.78, 5) is 14.4. The SMILES string of the molecule is COc1cc(N2CCn3nc(OCc4ccccc4)cc3C2=O)ccc1F. The third-order valence-electron chi connectivity index (χ3n) is 4.43. The van der Waals surface area contributed by atoms with Crippen LogP contribution in [-0.2, 0) is 13.2 Å². The molecule has 2 aromatic carbocycles. The van der Waals surface area contributed by atoms with Crippen LogP contribution in [-0.4, -0.2) is 29.3 Å². The summed E-state index contributed by atoms with van der Waals surface area (Å²) < 4.78 is 26.0. The summed E-state index contributed by atoms with van der Waals surface area (Å²) in [5.74, 6) is -0.170. The van der Waals surface area contributed by atoms with Crippen LogP contribution in [0, 0.1) is 5.82 Å². The number of rotatable bonds is 5. The van der Waals surface area contributed by atoms with Gasteiger partial charge in [0.15, 0.2) is 11.6 Å². The lowest BCUT2D eigenvalue weighted by Crippen LogP contribution is -2.40. The molecule has 0 spiro atoms. The highest BCUT2D eigenvalue weighted by atomic mass is 19.1. The molecule has 138 valence electrons. The molecule has 2 heterocycles. The van der Waals surface area contributed by atoms with Crippen LogP contribution in [0.3, 0.4) is 0 Å². The number of nitrogens with zero attached hydrogens (tertiary/aromatic N) is 3. The van der Waals surface area contributed by atoms with Crippen molar-refractivity contribution >= 4 is 11.6 Å². The fourth-order valence-electron chi connectivity index (χ4n) is 3.04. The number of methoxy groups -OCH3 is 1. The summed E-state index contributed by atoms with van der Waals surface area (Å²) >= 11 is 0. The van der Waals surface area contributed by atoms with E-state index in [0.29, 0.717) is 37.0 Å². The second-order valence-electron chi connectivity index (χ2n) is 6.14. The number of amides is 1. The number of carbonyl (C=O) groups is 1. The number of halogens is 1. The van der Waals surface area contributed by atoms with Gasteiger partial charge in [-0.1, -0.05) is 30.3 Å². The van der Waals surface area contributed by atoms with Crippen molar-refractivity contribution in [3.8, 4) is 11.6 Å². The van der Waals surface area contributed by atoms with Gasteiger partial charge in [-0.3, -0.25) is 9.48 Å². The average molecular weight is 367 g/mol. The highest BCUT2D eigenvalue weighted by Crippen LogP contribution is 2.28. The lowest BCUT2D eigenvalue weighted by molar-refractivity contribution is 0.0962. The van der Waals surface area contributed by atoms with Gasteiger partial charge in [-0.15, -0.1) is 5.10 Å². The van der Waals surface area contributed by atoms with Crippen molar-refractivity contribution in [1.82, 2.24) is 9.78 Å². The molecule has 0 bridgehead atoms. The Labute approximate surface area is 155 Å². The first kappa shape index (κ1) is 17.1. The average Bonchev–Trinajstić information content (AvgIpc) is 3.12. The molecule has 1 aliphatic rings. The summed E-state index contributed by atoms with van der Waals surface area (Å²) in [7, 11) is 1.39. The second-order valence-corrected chi connectivity index (χ2v) is 6.14. The van der Waals surface area contributed by atoms with Gasteiger partial charge in [0.1, 0.15) is 12.3 Å². The Morgan fingerprint density at radius 3 is 2.70 bits per heavy atom. The Kier molecular flexibility index (Phi) is 4.50. The molecule has 0 radical (unpaired) electrons. The smallest absolute Gasteiger partial charge is 0.276 e. The van der Waals surface area contributed by atoms with E-state index in [4.69, 9.17) is 9.47 Å². The second kappa shape index (κ2) is 7.11. The maximum atomic E-state index is 13.6. The van der Waals surface area contributed by atoms with E-state index < -0.39 is 5.82 Å². The normalized spacial score (nSPS) is 13.4.